The third kappa shape index (κ3) is 69.5. The Hall–Kier alpha value is -1.94. The summed E-state index contributed by atoms with van der Waals surface area (Å²) in [6.07, 6.45) is 58.4. The zero-order valence-corrected chi connectivity index (χ0v) is 65.2. The molecule has 0 aliphatic heterocycles. The zero-order chi connectivity index (χ0) is 71.4. The van der Waals surface area contributed by atoms with Gasteiger partial charge in [-0.1, -0.05) is 356 Å². The van der Waals surface area contributed by atoms with Gasteiger partial charge in [0.05, 0.1) is 26.4 Å². The molecule has 4 unspecified atom stereocenters. The summed E-state index contributed by atoms with van der Waals surface area (Å²) in [6.45, 7) is 9.56. The normalized spacial score (nSPS) is 14.5. The Morgan fingerprint density at radius 2 is 0.495 bits per heavy atom. The molecular formula is C78H152O17P2. The van der Waals surface area contributed by atoms with Crippen molar-refractivity contribution in [1.82, 2.24) is 0 Å². The van der Waals surface area contributed by atoms with Gasteiger partial charge < -0.3 is 33.8 Å². The van der Waals surface area contributed by atoms with E-state index in [1.807, 2.05) is 0 Å². The number of ether oxygens (including phenoxy) is 4. The van der Waals surface area contributed by atoms with Crippen LogP contribution in [0.25, 0.3) is 0 Å². The van der Waals surface area contributed by atoms with Crippen molar-refractivity contribution in [2.24, 2.45) is 11.8 Å². The molecule has 0 aliphatic rings. The quantitative estimate of drug-likeness (QED) is 0.0222. The van der Waals surface area contributed by atoms with Crippen molar-refractivity contribution >= 4 is 39.5 Å². The van der Waals surface area contributed by atoms with Gasteiger partial charge >= 0.3 is 39.5 Å². The van der Waals surface area contributed by atoms with Crippen LogP contribution in [-0.4, -0.2) is 96.7 Å². The van der Waals surface area contributed by atoms with Crippen LogP contribution in [0, 0.1) is 11.8 Å². The smallest absolute Gasteiger partial charge is 0.462 e. The standard InChI is InChI=1S/C78H152O17P2/c1-7-11-13-15-17-19-21-23-25-26-27-28-29-30-31-33-35-37-42-50-56-62-77(82)94-73(66-88-75(80)60-54-48-41-36-34-32-24-22-20-18-16-14-12-8-2)68-92-96(84,85)90-64-72(79)65-91-97(86,87)93-69-74(67-89-76(81)61-55-49-45-44-47-53-59-71(6)10-4)95-78(83)63-57-51-43-39-38-40-46-52-58-70(5)9-3/h70-74,79H,7-69H2,1-6H3,(H,84,85)(H,86,87)/t70?,71?,72-,73-,74-/m1/s1. The fraction of sp³-hybridized carbons (Fsp3) is 0.949. The highest BCUT2D eigenvalue weighted by molar-refractivity contribution is 7.47. The number of esters is 4. The third-order valence-electron chi connectivity index (χ3n) is 18.9. The summed E-state index contributed by atoms with van der Waals surface area (Å²) < 4.78 is 68.6. The first kappa shape index (κ1) is 95.1. The van der Waals surface area contributed by atoms with Crippen LogP contribution >= 0.6 is 15.6 Å². The molecule has 0 radical (unpaired) electrons. The SMILES string of the molecule is CCCCCCCCCCCCCCCCCCCCCCCC(=O)O[C@H](COC(=O)CCCCCCCCCCCCCCCC)COP(=O)(O)OC[C@@H](O)COP(=O)(O)OC[C@@H](COC(=O)CCCCCCCCC(C)CC)OC(=O)CCCCCCCCCCC(C)CC. The summed E-state index contributed by atoms with van der Waals surface area (Å²) in [6, 6.07) is 0. The van der Waals surface area contributed by atoms with Crippen LogP contribution in [0.2, 0.25) is 0 Å². The van der Waals surface area contributed by atoms with E-state index >= 15 is 0 Å². The fourth-order valence-corrected chi connectivity index (χ4v) is 13.5. The van der Waals surface area contributed by atoms with Crippen molar-refractivity contribution in [2.45, 2.75) is 426 Å². The molecule has 3 N–H and O–H groups in total. The lowest BCUT2D eigenvalue weighted by atomic mass is 9.99. The summed E-state index contributed by atoms with van der Waals surface area (Å²) in [5.74, 6) is -0.616. The first-order chi connectivity index (χ1) is 46.9. The molecule has 0 saturated carbocycles. The van der Waals surface area contributed by atoms with Crippen molar-refractivity contribution in [1.29, 1.82) is 0 Å². The second-order valence-corrected chi connectivity index (χ2v) is 31.5. The molecule has 0 saturated heterocycles. The number of phosphoric ester groups is 2. The molecule has 0 aromatic rings. The Balaban J connectivity index is 5.21. The maximum Gasteiger partial charge on any atom is 0.472 e. The minimum atomic E-state index is -4.96. The van der Waals surface area contributed by atoms with E-state index in [2.05, 4.69) is 41.5 Å². The number of aliphatic hydroxyl groups is 1. The van der Waals surface area contributed by atoms with Crippen LogP contribution < -0.4 is 0 Å². The van der Waals surface area contributed by atoms with Crippen molar-refractivity contribution < 1.29 is 80.2 Å². The minimum Gasteiger partial charge on any atom is -0.462 e. The summed E-state index contributed by atoms with van der Waals surface area (Å²) in [5.41, 5.74) is 0. The number of unbranched alkanes of at least 4 members (excludes halogenated alkanes) is 45. The maximum atomic E-state index is 13.1. The lowest BCUT2D eigenvalue weighted by molar-refractivity contribution is -0.161. The highest BCUT2D eigenvalue weighted by Gasteiger charge is 2.30. The van der Waals surface area contributed by atoms with Crippen LogP contribution in [0.5, 0.6) is 0 Å². The number of hydrogen-bond acceptors (Lipinski definition) is 15. The zero-order valence-electron chi connectivity index (χ0n) is 63.4. The van der Waals surface area contributed by atoms with E-state index in [-0.39, 0.29) is 25.7 Å². The molecule has 0 fully saturated rings. The van der Waals surface area contributed by atoms with Gasteiger partial charge in [0.1, 0.15) is 19.3 Å². The maximum absolute atomic E-state index is 13.1. The van der Waals surface area contributed by atoms with E-state index in [4.69, 9.17) is 37.0 Å². The number of phosphoric acid groups is 2. The molecule has 0 aromatic heterocycles. The monoisotopic (exact) mass is 1420 g/mol. The Bertz CT molecular complexity index is 1880. The van der Waals surface area contributed by atoms with Gasteiger partial charge in [-0.3, -0.25) is 37.3 Å². The molecule has 17 nitrogen and oxygen atoms in total. The third-order valence-corrected chi connectivity index (χ3v) is 20.8. The van der Waals surface area contributed by atoms with Crippen molar-refractivity contribution in [3.8, 4) is 0 Å². The molecule has 97 heavy (non-hydrogen) atoms. The highest BCUT2D eigenvalue weighted by Crippen LogP contribution is 2.45. The lowest BCUT2D eigenvalue weighted by Crippen LogP contribution is -2.30. The van der Waals surface area contributed by atoms with E-state index in [1.165, 1.54) is 218 Å². The number of carbonyl (C=O) groups excluding carboxylic acids is 4. The minimum absolute atomic E-state index is 0.104. The van der Waals surface area contributed by atoms with Crippen molar-refractivity contribution in [3.05, 3.63) is 0 Å². The van der Waals surface area contributed by atoms with Crippen molar-refractivity contribution in [3.63, 3.8) is 0 Å². The fourth-order valence-electron chi connectivity index (χ4n) is 11.9. The average molecular weight is 1420 g/mol. The Morgan fingerprint density at radius 1 is 0.289 bits per heavy atom. The Kier molecular flexibility index (Phi) is 68.4. The van der Waals surface area contributed by atoms with Gasteiger partial charge in [-0.05, 0) is 37.5 Å². The van der Waals surface area contributed by atoms with Gasteiger partial charge in [0.15, 0.2) is 12.2 Å². The van der Waals surface area contributed by atoms with Gasteiger partial charge in [-0.25, -0.2) is 9.13 Å². The first-order valence-electron chi connectivity index (χ1n) is 40.6. The number of aliphatic hydroxyl groups excluding tert-OH is 1. The average Bonchev–Trinajstić information content (AvgIpc) is 2.67. The van der Waals surface area contributed by atoms with Crippen LogP contribution in [0.15, 0.2) is 0 Å². The van der Waals surface area contributed by atoms with Crippen LogP contribution in [0.3, 0.4) is 0 Å². The summed E-state index contributed by atoms with van der Waals surface area (Å²) in [7, 11) is -9.91. The van der Waals surface area contributed by atoms with E-state index in [0.29, 0.717) is 25.7 Å². The Labute approximate surface area is 594 Å². The molecule has 19 heteroatoms. The van der Waals surface area contributed by atoms with Crippen LogP contribution in [0.1, 0.15) is 408 Å². The predicted molar refractivity (Wildman–Crippen MR) is 395 cm³/mol. The van der Waals surface area contributed by atoms with Gasteiger partial charge in [-0.2, -0.15) is 0 Å². The van der Waals surface area contributed by atoms with E-state index in [9.17, 15) is 43.2 Å². The lowest BCUT2D eigenvalue weighted by Gasteiger charge is -2.21. The van der Waals surface area contributed by atoms with Gasteiger partial charge in [0.2, 0.25) is 0 Å². The molecular weight excluding hydrogens is 1270 g/mol. The molecule has 0 amide bonds. The van der Waals surface area contributed by atoms with E-state index in [0.717, 1.165) is 108 Å². The van der Waals surface area contributed by atoms with Gasteiger partial charge in [-0.15, -0.1) is 0 Å². The predicted octanol–water partition coefficient (Wildman–Crippen LogP) is 23.1. The molecule has 7 atom stereocenters. The van der Waals surface area contributed by atoms with Crippen LogP contribution in [0.4, 0.5) is 0 Å². The molecule has 0 rings (SSSR count). The van der Waals surface area contributed by atoms with Crippen molar-refractivity contribution in [2.75, 3.05) is 39.6 Å². The number of hydrogen-bond donors (Lipinski definition) is 3. The molecule has 0 aliphatic carbocycles. The second-order valence-electron chi connectivity index (χ2n) is 28.6. The molecule has 576 valence electrons. The first-order valence-corrected chi connectivity index (χ1v) is 43.6. The molecule has 0 spiro atoms. The molecule has 0 aromatic carbocycles. The van der Waals surface area contributed by atoms with E-state index < -0.39 is 97.5 Å². The molecule has 0 heterocycles. The summed E-state index contributed by atoms with van der Waals surface area (Å²) in [4.78, 5) is 72.9. The van der Waals surface area contributed by atoms with E-state index in [1.54, 1.807) is 0 Å². The highest BCUT2D eigenvalue weighted by atomic mass is 31.2. The number of rotatable bonds is 77. The van der Waals surface area contributed by atoms with Gasteiger partial charge in [0, 0.05) is 25.7 Å². The Morgan fingerprint density at radius 3 is 0.732 bits per heavy atom. The summed E-state index contributed by atoms with van der Waals surface area (Å²) in [5, 5.41) is 10.6. The van der Waals surface area contributed by atoms with Gasteiger partial charge in [0.25, 0.3) is 0 Å². The summed E-state index contributed by atoms with van der Waals surface area (Å²) >= 11 is 0. The number of carbonyl (C=O) groups is 4. The van der Waals surface area contributed by atoms with Crippen LogP contribution in [-0.2, 0) is 65.4 Å². The topological polar surface area (TPSA) is 237 Å². The molecule has 0 bridgehead atoms. The largest absolute Gasteiger partial charge is 0.472 e. The second kappa shape index (κ2) is 69.8.